The molecule has 1 heterocycles. The van der Waals surface area contributed by atoms with Crippen LogP contribution in [0.3, 0.4) is 0 Å². The summed E-state index contributed by atoms with van der Waals surface area (Å²) < 4.78 is 5.50. The van der Waals surface area contributed by atoms with Gasteiger partial charge in [-0.25, -0.2) is 14.6 Å². The minimum atomic E-state index is -1.17. The van der Waals surface area contributed by atoms with Crippen molar-refractivity contribution in [2.75, 3.05) is 0 Å². The molecule has 0 radical (unpaired) electrons. The molecule has 0 saturated heterocycles. The minimum absolute atomic E-state index is 0.143. The Kier molecular flexibility index (Phi) is 6.82. The molecule has 35 heavy (non-hydrogen) atoms. The Hall–Kier alpha value is -4.20. The molecule has 2 aromatic carbocycles. The molecular weight excluding hydrogens is 446 g/mol. The van der Waals surface area contributed by atoms with E-state index >= 15 is 0 Å². The van der Waals surface area contributed by atoms with Gasteiger partial charge in [0.2, 0.25) is 0 Å². The number of para-hydroxylation sites is 1. The zero-order valence-electron chi connectivity index (χ0n) is 19.8. The number of nitrogens with one attached hydrogen (secondary N) is 2. The number of pyridine rings is 1. The van der Waals surface area contributed by atoms with Gasteiger partial charge < -0.3 is 15.2 Å². The van der Waals surface area contributed by atoms with Gasteiger partial charge in [0.15, 0.2) is 6.10 Å². The second-order valence-electron chi connectivity index (χ2n) is 8.76. The Morgan fingerprint density at radius 3 is 2.46 bits per heavy atom. The zero-order chi connectivity index (χ0) is 25.1. The fraction of sp³-hybridized carbons (Fsp3) is 0.259. The molecule has 0 aliphatic heterocycles. The van der Waals surface area contributed by atoms with Gasteiger partial charge in [-0.2, -0.15) is 0 Å². The van der Waals surface area contributed by atoms with Crippen LogP contribution in [0.15, 0.2) is 48.5 Å². The number of carbonyl (C=O) groups is 3. The molecule has 1 aliphatic rings. The minimum Gasteiger partial charge on any atom is -0.508 e. The summed E-state index contributed by atoms with van der Waals surface area (Å²) in [7, 11) is 0. The van der Waals surface area contributed by atoms with Crippen molar-refractivity contribution in [1.82, 2.24) is 15.6 Å². The molecule has 180 valence electrons. The average molecular weight is 474 g/mol. The fourth-order valence-electron chi connectivity index (χ4n) is 4.07. The standard InChI is InChI=1S/C27H27N3O5/c1-15(2)28-27(34)30-25(32)16(3)35-26(33)23-20-6-4-5-7-22(20)29-24-18(10-13-21(23)24)14-17-8-11-19(31)12-9-17/h4-9,11-12,14-16,31H,10,13H2,1-3H3,(H2,28,30,32,34)/b18-14+. The van der Waals surface area contributed by atoms with E-state index < -0.39 is 24.0 Å². The number of benzene rings is 2. The van der Waals surface area contributed by atoms with Gasteiger partial charge in [0, 0.05) is 11.4 Å². The molecule has 1 atom stereocenters. The monoisotopic (exact) mass is 473 g/mol. The topological polar surface area (TPSA) is 118 Å². The maximum atomic E-state index is 13.3. The third kappa shape index (κ3) is 5.32. The lowest BCUT2D eigenvalue weighted by Crippen LogP contribution is -2.46. The van der Waals surface area contributed by atoms with Crippen molar-refractivity contribution in [3.05, 3.63) is 70.9 Å². The summed E-state index contributed by atoms with van der Waals surface area (Å²) in [5.41, 5.74) is 4.40. The molecule has 3 amide bonds. The van der Waals surface area contributed by atoms with E-state index in [1.807, 2.05) is 42.5 Å². The first-order chi connectivity index (χ1) is 16.7. The number of rotatable bonds is 5. The molecule has 0 spiro atoms. The lowest BCUT2D eigenvalue weighted by Gasteiger charge is -2.16. The lowest BCUT2D eigenvalue weighted by atomic mass is 10.0. The van der Waals surface area contributed by atoms with Crippen molar-refractivity contribution in [2.45, 2.75) is 45.8 Å². The van der Waals surface area contributed by atoms with Gasteiger partial charge in [0.1, 0.15) is 5.75 Å². The van der Waals surface area contributed by atoms with Gasteiger partial charge in [-0.3, -0.25) is 10.1 Å². The van der Waals surface area contributed by atoms with Crippen LogP contribution < -0.4 is 10.6 Å². The summed E-state index contributed by atoms with van der Waals surface area (Å²) in [6.45, 7) is 4.97. The Morgan fingerprint density at radius 2 is 1.74 bits per heavy atom. The second-order valence-corrected chi connectivity index (χ2v) is 8.76. The molecule has 0 bridgehead atoms. The first-order valence-electron chi connectivity index (χ1n) is 11.5. The summed E-state index contributed by atoms with van der Waals surface area (Å²) >= 11 is 0. The van der Waals surface area contributed by atoms with Crippen molar-refractivity contribution in [3.63, 3.8) is 0 Å². The largest absolute Gasteiger partial charge is 0.508 e. The number of carbonyl (C=O) groups excluding carboxylic acids is 3. The number of imide groups is 1. The van der Waals surface area contributed by atoms with Gasteiger partial charge in [0.25, 0.3) is 5.91 Å². The lowest BCUT2D eigenvalue weighted by molar-refractivity contribution is -0.127. The molecule has 0 fully saturated rings. The van der Waals surface area contributed by atoms with E-state index in [-0.39, 0.29) is 11.8 Å². The van der Waals surface area contributed by atoms with Crippen LogP contribution in [0, 0.1) is 0 Å². The van der Waals surface area contributed by atoms with Crippen LogP contribution in [-0.2, 0) is 16.0 Å². The second kappa shape index (κ2) is 9.97. The molecule has 1 aliphatic carbocycles. The predicted molar refractivity (Wildman–Crippen MR) is 133 cm³/mol. The average Bonchev–Trinajstić information content (AvgIpc) is 3.20. The van der Waals surface area contributed by atoms with Crippen molar-refractivity contribution in [2.24, 2.45) is 0 Å². The van der Waals surface area contributed by atoms with E-state index in [4.69, 9.17) is 9.72 Å². The fourth-order valence-corrected chi connectivity index (χ4v) is 4.07. The van der Waals surface area contributed by atoms with E-state index in [9.17, 15) is 19.5 Å². The molecule has 4 rings (SSSR count). The molecule has 1 aromatic heterocycles. The number of aromatic hydroxyl groups is 1. The number of hydrogen-bond acceptors (Lipinski definition) is 6. The van der Waals surface area contributed by atoms with Crippen LogP contribution in [0.25, 0.3) is 22.6 Å². The van der Waals surface area contributed by atoms with Crippen LogP contribution in [0.4, 0.5) is 4.79 Å². The number of hydrogen-bond donors (Lipinski definition) is 3. The van der Waals surface area contributed by atoms with E-state index in [0.29, 0.717) is 29.3 Å². The van der Waals surface area contributed by atoms with E-state index in [1.54, 1.807) is 26.0 Å². The highest BCUT2D eigenvalue weighted by Gasteiger charge is 2.29. The first-order valence-corrected chi connectivity index (χ1v) is 11.5. The SMILES string of the molecule is CC(C)NC(=O)NC(=O)C(C)OC(=O)c1c2c(nc3ccccc13)/C(=C/c1ccc(O)cc1)CC2. The van der Waals surface area contributed by atoms with E-state index in [2.05, 4.69) is 10.6 Å². The van der Waals surface area contributed by atoms with Crippen molar-refractivity contribution < 1.29 is 24.2 Å². The number of aromatic nitrogens is 1. The number of nitrogens with zero attached hydrogens (tertiary/aromatic N) is 1. The van der Waals surface area contributed by atoms with Gasteiger partial charge in [-0.15, -0.1) is 0 Å². The predicted octanol–water partition coefficient (Wildman–Crippen LogP) is 4.21. The van der Waals surface area contributed by atoms with E-state index in [1.165, 1.54) is 6.92 Å². The number of allylic oxidation sites excluding steroid dienone is 1. The number of esters is 1. The Bertz CT molecular complexity index is 1330. The summed E-state index contributed by atoms with van der Waals surface area (Å²) in [4.78, 5) is 42.4. The number of amides is 3. The molecule has 0 saturated carbocycles. The van der Waals surface area contributed by atoms with Gasteiger partial charge in [-0.1, -0.05) is 30.3 Å². The number of phenolic OH excluding ortho intramolecular Hbond substituents is 1. The van der Waals surface area contributed by atoms with Gasteiger partial charge in [0.05, 0.1) is 16.8 Å². The molecule has 3 aromatic rings. The van der Waals surface area contributed by atoms with Crippen LogP contribution in [0.1, 0.15) is 54.4 Å². The number of urea groups is 1. The van der Waals surface area contributed by atoms with Crippen molar-refractivity contribution >= 4 is 40.5 Å². The van der Waals surface area contributed by atoms with Crippen LogP contribution in [-0.4, -0.2) is 40.1 Å². The molecule has 8 nitrogen and oxygen atoms in total. The molecule has 8 heteroatoms. The van der Waals surface area contributed by atoms with Crippen LogP contribution in [0.5, 0.6) is 5.75 Å². The zero-order valence-corrected chi connectivity index (χ0v) is 19.8. The molecule has 1 unspecified atom stereocenters. The molecule has 3 N–H and O–H groups in total. The highest BCUT2D eigenvalue weighted by molar-refractivity contribution is 6.08. The summed E-state index contributed by atoms with van der Waals surface area (Å²) in [5, 5.41) is 14.9. The van der Waals surface area contributed by atoms with E-state index in [0.717, 1.165) is 22.4 Å². The number of phenols is 1. The summed E-state index contributed by atoms with van der Waals surface area (Å²) in [5.74, 6) is -1.16. The van der Waals surface area contributed by atoms with Crippen molar-refractivity contribution in [3.8, 4) is 5.75 Å². The highest BCUT2D eigenvalue weighted by Crippen LogP contribution is 2.38. The smallest absolute Gasteiger partial charge is 0.339 e. The highest BCUT2D eigenvalue weighted by atomic mass is 16.5. The Balaban J connectivity index is 1.65. The van der Waals surface area contributed by atoms with Gasteiger partial charge in [-0.05, 0) is 74.6 Å². The normalized spacial score (nSPS) is 14.6. The summed E-state index contributed by atoms with van der Waals surface area (Å²) in [6, 6.07) is 13.4. The molecular formula is C27H27N3O5. The maximum Gasteiger partial charge on any atom is 0.339 e. The first kappa shape index (κ1) is 23.9. The summed E-state index contributed by atoms with van der Waals surface area (Å²) in [6.07, 6.45) is 2.10. The number of ether oxygens (including phenoxy) is 1. The van der Waals surface area contributed by atoms with Gasteiger partial charge >= 0.3 is 12.0 Å². The van der Waals surface area contributed by atoms with Crippen LogP contribution in [0.2, 0.25) is 0 Å². The third-order valence-corrected chi connectivity index (χ3v) is 5.69. The number of fused-ring (bicyclic) bond motifs is 2. The quantitative estimate of drug-likeness (QED) is 0.478. The van der Waals surface area contributed by atoms with Crippen LogP contribution >= 0.6 is 0 Å². The Morgan fingerprint density at radius 1 is 1.03 bits per heavy atom. The third-order valence-electron chi connectivity index (χ3n) is 5.69. The Labute approximate surface area is 203 Å². The maximum absolute atomic E-state index is 13.3. The van der Waals surface area contributed by atoms with Crippen molar-refractivity contribution in [1.29, 1.82) is 0 Å².